The Kier molecular flexibility index (Phi) is 3.41. The van der Waals surface area contributed by atoms with Crippen LogP contribution in [0.1, 0.15) is 12.0 Å². The van der Waals surface area contributed by atoms with Crippen LogP contribution < -0.4 is 4.74 Å². The summed E-state index contributed by atoms with van der Waals surface area (Å²) in [4.78, 5) is 2.04. The molecule has 16 heavy (non-hydrogen) atoms. The first kappa shape index (κ1) is 11.4. The third-order valence-electron chi connectivity index (χ3n) is 2.89. The molecule has 1 fully saturated rings. The van der Waals surface area contributed by atoms with Crippen LogP contribution in [0.25, 0.3) is 0 Å². The highest BCUT2D eigenvalue weighted by molar-refractivity contribution is 5.29. The molecule has 3 nitrogen and oxygen atoms in total. The zero-order chi connectivity index (χ0) is 11.5. The highest BCUT2D eigenvalue weighted by Gasteiger charge is 2.21. The molecule has 1 aromatic carbocycles. The van der Waals surface area contributed by atoms with E-state index in [0.717, 1.165) is 13.0 Å². The van der Waals surface area contributed by atoms with Crippen LogP contribution in [0.15, 0.2) is 18.2 Å². The Morgan fingerprint density at radius 1 is 1.56 bits per heavy atom. The number of hydrogen-bond acceptors (Lipinski definition) is 3. The summed E-state index contributed by atoms with van der Waals surface area (Å²) >= 11 is 0. The number of likely N-dealkylation sites (tertiary alicyclic amines) is 1. The summed E-state index contributed by atoms with van der Waals surface area (Å²) in [6.07, 6.45) is 0.500. The molecular formula is C12H16FNO2. The van der Waals surface area contributed by atoms with Crippen LogP contribution in [0, 0.1) is 5.82 Å². The summed E-state index contributed by atoms with van der Waals surface area (Å²) in [7, 11) is 1.57. The summed E-state index contributed by atoms with van der Waals surface area (Å²) in [5.41, 5.74) is 0.619. The van der Waals surface area contributed by atoms with Crippen molar-refractivity contribution in [3.63, 3.8) is 0 Å². The molecule has 0 unspecified atom stereocenters. The van der Waals surface area contributed by atoms with Gasteiger partial charge in [0.05, 0.1) is 13.2 Å². The molecule has 0 aromatic heterocycles. The fraction of sp³-hybridized carbons (Fsp3) is 0.500. The number of β-amino-alcohol motifs (C(OH)–C–C–N with tert-alkyl or cyclic N) is 1. The van der Waals surface area contributed by atoms with Crippen molar-refractivity contribution in [2.24, 2.45) is 0 Å². The minimum atomic E-state index is -0.270. The zero-order valence-corrected chi connectivity index (χ0v) is 9.32. The van der Waals surface area contributed by atoms with Crippen LogP contribution in [-0.4, -0.2) is 36.3 Å². The van der Waals surface area contributed by atoms with Crippen molar-refractivity contribution >= 4 is 0 Å². The molecule has 1 atom stereocenters. The molecular weight excluding hydrogens is 209 g/mol. The number of halogens is 1. The Morgan fingerprint density at radius 2 is 2.38 bits per heavy atom. The number of rotatable bonds is 3. The number of aliphatic hydroxyl groups excluding tert-OH is 1. The predicted octanol–water partition coefficient (Wildman–Crippen LogP) is 1.40. The smallest absolute Gasteiger partial charge is 0.127 e. The second kappa shape index (κ2) is 4.80. The summed E-state index contributed by atoms with van der Waals surface area (Å²) in [6, 6.07) is 4.73. The number of nitrogens with zero attached hydrogens (tertiary/aromatic N) is 1. The minimum absolute atomic E-state index is 0.220. The fourth-order valence-electron chi connectivity index (χ4n) is 2.00. The lowest BCUT2D eigenvalue weighted by molar-refractivity contribution is 0.174. The molecule has 1 saturated heterocycles. The number of benzene rings is 1. The van der Waals surface area contributed by atoms with Gasteiger partial charge in [0.25, 0.3) is 0 Å². The van der Waals surface area contributed by atoms with Crippen LogP contribution >= 0.6 is 0 Å². The average Bonchev–Trinajstić information content (AvgIpc) is 2.67. The Morgan fingerprint density at radius 3 is 3.00 bits per heavy atom. The van der Waals surface area contributed by atoms with Crippen LogP contribution in [-0.2, 0) is 6.54 Å². The van der Waals surface area contributed by atoms with Gasteiger partial charge >= 0.3 is 0 Å². The van der Waals surface area contributed by atoms with Gasteiger partial charge in [-0.25, -0.2) is 4.39 Å². The first-order valence-electron chi connectivity index (χ1n) is 5.42. The Labute approximate surface area is 94.4 Å². The zero-order valence-electron chi connectivity index (χ0n) is 9.32. The van der Waals surface area contributed by atoms with E-state index in [0.29, 0.717) is 24.4 Å². The van der Waals surface area contributed by atoms with E-state index in [-0.39, 0.29) is 11.9 Å². The quantitative estimate of drug-likeness (QED) is 0.844. The number of ether oxygens (including phenoxy) is 1. The second-order valence-corrected chi connectivity index (χ2v) is 4.13. The standard InChI is InChI=1S/C12H16FNO2/c1-16-11-2-3-12(13)9(6-11)7-14-5-4-10(15)8-14/h2-3,6,10,15H,4-5,7-8H2,1H3/t10-/m1/s1. The third-order valence-corrected chi connectivity index (χ3v) is 2.89. The van der Waals surface area contributed by atoms with E-state index >= 15 is 0 Å². The highest BCUT2D eigenvalue weighted by atomic mass is 19.1. The lowest BCUT2D eigenvalue weighted by Crippen LogP contribution is -2.22. The maximum Gasteiger partial charge on any atom is 0.127 e. The number of hydrogen-bond donors (Lipinski definition) is 1. The van der Waals surface area contributed by atoms with Crippen molar-refractivity contribution in [3.8, 4) is 5.75 Å². The van der Waals surface area contributed by atoms with Crippen molar-refractivity contribution < 1.29 is 14.2 Å². The molecule has 2 rings (SSSR count). The molecule has 0 radical (unpaired) electrons. The molecule has 0 aliphatic carbocycles. The fourth-order valence-corrected chi connectivity index (χ4v) is 2.00. The van der Waals surface area contributed by atoms with Gasteiger partial charge in [-0.1, -0.05) is 0 Å². The van der Waals surface area contributed by atoms with Gasteiger partial charge in [-0.05, 0) is 24.6 Å². The molecule has 88 valence electrons. The van der Waals surface area contributed by atoms with Crippen molar-refractivity contribution in [2.45, 2.75) is 19.1 Å². The molecule has 1 aromatic rings. The van der Waals surface area contributed by atoms with Crippen LogP contribution in [0.4, 0.5) is 4.39 Å². The minimum Gasteiger partial charge on any atom is -0.497 e. The summed E-state index contributed by atoms with van der Waals surface area (Å²) < 4.78 is 18.6. The molecule has 1 N–H and O–H groups in total. The Bertz CT molecular complexity index is 370. The normalized spacial score (nSPS) is 21.3. The number of methoxy groups -OCH3 is 1. The highest BCUT2D eigenvalue weighted by Crippen LogP contribution is 2.20. The molecule has 4 heteroatoms. The third kappa shape index (κ3) is 2.51. The van der Waals surface area contributed by atoms with E-state index < -0.39 is 0 Å². The molecule has 0 saturated carbocycles. The average molecular weight is 225 g/mol. The van der Waals surface area contributed by atoms with E-state index in [9.17, 15) is 9.50 Å². The molecule has 1 aliphatic rings. The summed E-state index contributed by atoms with van der Waals surface area (Å²) in [5, 5.41) is 9.39. The van der Waals surface area contributed by atoms with E-state index in [1.807, 2.05) is 4.90 Å². The second-order valence-electron chi connectivity index (χ2n) is 4.13. The topological polar surface area (TPSA) is 32.7 Å². The van der Waals surface area contributed by atoms with E-state index in [4.69, 9.17) is 4.74 Å². The monoisotopic (exact) mass is 225 g/mol. The van der Waals surface area contributed by atoms with Gasteiger partial charge in [0.1, 0.15) is 11.6 Å². The molecule has 0 bridgehead atoms. The Hall–Kier alpha value is -1.13. The van der Waals surface area contributed by atoms with Gasteiger partial charge in [0.15, 0.2) is 0 Å². The van der Waals surface area contributed by atoms with Gasteiger partial charge in [-0.2, -0.15) is 0 Å². The predicted molar refractivity (Wildman–Crippen MR) is 58.9 cm³/mol. The molecule has 1 heterocycles. The maximum atomic E-state index is 13.5. The summed E-state index contributed by atoms with van der Waals surface area (Å²) in [5.74, 6) is 0.443. The van der Waals surface area contributed by atoms with Crippen LogP contribution in [0.2, 0.25) is 0 Å². The molecule has 0 spiro atoms. The summed E-state index contributed by atoms with van der Waals surface area (Å²) in [6.45, 7) is 1.97. The largest absolute Gasteiger partial charge is 0.497 e. The van der Waals surface area contributed by atoms with Crippen molar-refractivity contribution in [2.75, 3.05) is 20.2 Å². The van der Waals surface area contributed by atoms with Crippen LogP contribution in [0.3, 0.4) is 0 Å². The maximum absolute atomic E-state index is 13.5. The van der Waals surface area contributed by atoms with E-state index in [1.165, 1.54) is 6.07 Å². The van der Waals surface area contributed by atoms with Gasteiger partial charge < -0.3 is 9.84 Å². The van der Waals surface area contributed by atoms with Gasteiger partial charge in [-0.15, -0.1) is 0 Å². The van der Waals surface area contributed by atoms with Gasteiger partial charge in [-0.3, -0.25) is 4.90 Å². The van der Waals surface area contributed by atoms with Crippen LogP contribution in [0.5, 0.6) is 5.75 Å². The van der Waals surface area contributed by atoms with Gasteiger partial charge in [0, 0.05) is 25.2 Å². The van der Waals surface area contributed by atoms with E-state index in [2.05, 4.69) is 0 Å². The Balaban J connectivity index is 2.08. The van der Waals surface area contributed by atoms with Crippen molar-refractivity contribution in [1.82, 2.24) is 4.90 Å². The number of aliphatic hydroxyl groups is 1. The first-order chi connectivity index (χ1) is 7.69. The van der Waals surface area contributed by atoms with E-state index in [1.54, 1.807) is 19.2 Å². The first-order valence-corrected chi connectivity index (χ1v) is 5.42. The lowest BCUT2D eigenvalue weighted by Gasteiger charge is -2.15. The molecule has 1 aliphatic heterocycles. The van der Waals surface area contributed by atoms with Gasteiger partial charge in [0.2, 0.25) is 0 Å². The lowest BCUT2D eigenvalue weighted by atomic mass is 10.2. The molecule has 0 amide bonds. The van der Waals surface area contributed by atoms with Crippen molar-refractivity contribution in [1.29, 1.82) is 0 Å². The van der Waals surface area contributed by atoms with Crippen molar-refractivity contribution in [3.05, 3.63) is 29.6 Å². The SMILES string of the molecule is COc1ccc(F)c(CN2CC[C@@H](O)C2)c1.